The maximum atomic E-state index is 12.1. The summed E-state index contributed by atoms with van der Waals surface area (Å²) in [4.78, 5) is 24.2. The molecule has 0 saturated carbocycles. The normalized spacial score (nSPS) is 10.7. The highest BCUT2D eigenvalue weighted by Crippen LogP contribution is 2.23. The van der Waals surface area contributed by atoms with E-state index < -0.39 is 0 Å². The van der Waals surface area contributed by atoms with Crippen LogP contribution in [0.15, 0.2) is 59.4 Å². The van der Waals surface area contributed by atoms with Crippen molar-refractivity contribution in [1.29, 1.82) is 0 Å². The molecule has 1 aromatic heterocycles. The van der Waals surface area contributed by atoms with Gasteiger partial charge in [0.05, 0.1) is 12.1 Å². The number of aromatic nitrogens is 1. The molecule has 0 radical (unpaired) electrons. The van der Waals surface area contributed by atoms with E-state index in [-0.39, 0.29) is 11.5 Å². The number of nitrogens with one attached hydrogen (secondary N) is 1. The fourth-order valence-electron chi connectivity index (χ4n) is 3.01. The summed E-state index contributed by atoms with van der Waals surface area (Å²) in [6.45, 7) is 2.46. The molecule has 5 nitrogen and oxygen atoms in total. The summed E-state index contributed by atoms with van der Waals surface area (Å²) >= 11 is 0. The average molecular weight is 364 g/mol. The molecule has 0 aliphatic carbocycles. The van der Waals surface area contributed by atoms with Crippen molar-refractivity contribution in [1.82, 2.24) is 4.57 Å². The minimum absolute atomic E-state index is 0.0410. The monoisotopic (exact) mass is 364 g/mol. The third-order valence-electron chi connectivity index (χ3n) is 4.54. The molecule has 0 aliphatic rings. The van der Waals surface area contributed by atoms with E-state index in [1.807, 2.05) is 48.5 Å². The van der Waals surface area contributed by atoms with E-state index in [0.717, 1.165) is 23.0 Å². The Balaban J connectivity index is 1.56. The van der Waals surface area contributed by atoms with Crippen LogP contribution in [0.1, 0.15) is 25.3 Å². The van der Waals surface area contributed by atoms with E-state index in [1.54, 1.807) is 11.6 Å². The first-order valence-electron chi connectivity index (χ1n) is 9.19. The second-order valence-corrected chi connectivity index (χ2v) is 6.48. The summed E-state index contributed by atoms with van der Waals surface area (Å²) in [5, 5.41) is 3.80. The summed E-state index contributed by atoms with van der Waals surface area (Å²) in [6, 6.07) is 17.0. The first-order valence-corrected chi connectivity index (χ1v) is 9.19. The number of carbonyl (C=O) groups excluding carboxylic acids is 1. The molecule has 0 unspecified atom stereocenters. The summed E-state index contributed by atoms with van der Waals surface area (Å²) in [7, 11) is 1.74. The number of carbonyl (C=O) groups is 1. The Kier molecular flexibility index (Phi) is 5.91. The van der Waals surface area contributed by atoms with E-state index in [9.17, 15) is 9.59 Å². The van der Waals surface area contributed by atoms with Gasteiger partial charge in [-0.1, -0.05) is 31.2 Å². The standard InChI is InChI=1S/C22H24N2O3/c1-3-16-8-6-9-17(14-16)23-21(25)12-7-13-27-20-15-22(26)24(2)19-11-5-4-10-18(19)20/h4-6,8-11,14-15H,3,7,12-13H2,1-2H3,(H,23,25). The van der Waals surface area contributed by atoms with Crippen LogP contribution >= 0.6 is 0 Å². The fourth-order valence-corrected chi connectivity index (χ4v) is 3.01. The molecule has 140 valence electrons. The molecule has 3 rings (SSSR count). The molecular weight excluding hydrogens is 340 g/mol. The number of nitrogens with zero attached hydrogens (tertiary/aromatic N) is 1. The topological polar surface area (TPSA) is 60.3 Å². The fraction of sp³-hybridized carbons (Fsp3) is 0.273. The van der Waals surface area contributed by atoms with E-state index in [4.69, 9.17) is 4.74 Å². The van der Waals surface area contributed by atoms with Gasteiger partial charge in [-0.2, -0.15) is 0 Å². The summed E-state index contributed by atoms with van der Waals surface area (Å²) in [5.41, 5.74) is 2.72. The van der Waals surface area contributed by atoms with Crippen LogP contribution < -0.4 is 15.6 Å². The number of para-hydroxylation sites is 1. The van der Waals surface area contributed by atoms with Crippen molar-refractivity contribution in [3.05, 3.63) is 70.5 Å². The van der Waals surface area contributed by atoms with Gasteiger partial charge in [-0.25, -0.2) is 0 Å². The molecule has 3 aromatic rings. The lowest BCUT2D eigenvalue weighted by molar-refractivity contribution is -0.116. The van der Waals surface area contributed by atoms with Gasteiger partial charge in [0, 0.05) is 30.6 Å². The number of rotatable bonds is 7. The Hall–Kier alpha value is -3.08. The van der Waals surface area contributed by atoms with Crippen molar-refractivity contribution in [3.8, 4) is 5.75 Å². The molecule has 1 N–H and O–H groups in total. The van der Waals surface area contributed by atoms with Gasteiger partial charge < -0.3 is 14.6 Å². The van der Waals surface area contributed by atoms with Crippen molar-refractivity contribution in [2.45, 2.75) is 26.2 Å². The molecule has 1 heterocycles. The molecule has 0 fully saturated rings. The van der Waals surface area contributed by atoms with E-state index >= 15 is 0 Å². The van der Waals surface area contributed by atoms with Crippen LogP contribution in [0.3, 0.4) is 0 Å². The maximum absolute atomic E-state index is 12.1. The minimum atomic E-state index is -0.114. The first-order chi connectivity index (χ1) is 13.1. The van der Waals surface area contributed by atoms with Crippen molar-refractivity contribution in [2.24, 2.45) is 7.05 Å². The molecule has 0 spiro atoms. The third-order valence-corrected chi connectivity index (χ3v) is 4.54. The molecule has 0 saturated heterocycles. The molecule has 2 aromatic carbocycles. The van der Waals surface area contributed by atoms with Gasteiger partial charge in [-0.3, -0.25) is 9.59 Å². The predicted octanol–water partition coefficient (Wildman–Crippen LogP) is 3.90. The van der Waals surface area contributed by atoms with Crippen LogP contribution in [0, 0.1) is 0 Å². The van der Waals surface area contributed by atoms with Crippen LogP contribution in [-0.4, -0.2) is 17.1 Å². The molecule has 0 bridgehead atoms. The maximum Gasteiger partial charge on any atom is 0.254 e. The highest BCUT2D eigenvalue weighted by molar-refractivity contribution is 5.90. The number of anilines is 1. The Labute approximate surface area is 158 Å². The highest BCUT2D eigenvalue weighted by Gasteiger charge is 2.08. The molecular formula is C22H24N2O3. The number of aryl methyl sites for hydroxylation is 2. The number of hydrogen-bond acceptors (Lipinski definition) is 3. The van der Waals surface area contributed by atoms with Gasteiger partial charge in [0.1, 0.15) is 5.75 Å². The summed E-state index contributed by atoms with van der Waals surface area (Å²) < 4.78 is 7.40. The Bertz CT molecular complexity index is 1010. The Morgan fingerprint density at radius 3 is 2.74 bits per heavy atom. The van der Waals surface area contributed by atoms with Crippen molar-refractivity contribution < 1.29 is 9.53 Å². The molecule has 5 heteroatoms. The largest absolute Gasteiger partial charge is 0.493 e. The molecule has 27 heavy (non-hydrogen) atoms. The zero-order chi connectivity index (χ0) is 19.2. The number of benzene rings is 2. The lowest BCUT2D eigenvalue weighted by atomic mass is 10.1. The van der Waals surface area contributed by atoms with Gasteiger partial charge in [0.15, 0.2) is 0 Å². The van der Waals surface area contributed by atoms with Crippen molar-refractivity contribution >= 4 is 22.5 Å². The zero-order valence-electron chi connectivity index (χ0n) is 15.7. The van der Waals surface area contributed by atoms with Gasteiger partial charge in [0.2, 0.25) is 5.91 Å². The van der Waals surface area contributed by atoms with Crippen LogP contribution in [0.5, 0.6) is 5.75 Å². The van der Waals surface area contributed by atoms with E-state index in [2.05, 4.69) is 12.2 Å². The Morgan fingerprint density at radius 2 is 1.93 bits per heavy atom. The van der Waals surface area contributed by atoms with Gasteiger partial charge in [-0.05, 0) is 42.7 Å². The number of pyridine rings is 1. The van der Waals surface area contributed by atoms with Crippen LogP contribution in [0.25, 0.3) is 10.9 Å². The van der Waals surface area contributed by atoms with Gasteiger partial charge in [0.25, 0.3) is 5.56 Å². The lowest BCUT2D eigenvalue weighted by Crippen LogP contribution is -2.17. The zero-order valence-corrected chi connectivity index (χ0v) is 15.7. The first kappa shape index (κ1) is 18.7. The molecule has 1 amide bonds. The van der Waals surface area contributed by atoms with E-state index in [1.165, 1.54) is 11.6 Å². The lowest BCUT2D eigenvalue weighted by Gasteiger charge is -2.11. The van der Waals surface area contributed by atoms with Crippen molar-refractivity contribution in [3.63, 3.8) is 0 Å². The summed E-state index contributed by atoms with van der Waals surface area (Å²) in [5.74, 6) is 0.519. The number of hydrogen-bond donors (Lipinski definition) is 1. The predicted molar refractivity (Wildman–Crippen MR) is 108 cm³/mol. The van der Waals surface area contributed by atoms with Crippen LogP contribution in [-0.2, 0) is 18.3 Å². The van der Waals surface area contributed by atoms with E-state index in [0.29, 0.717) is 25.2 Å². The summed E-state index contributed by atoms with van der Waals surface area (Å²) in [6.07, 6.45) is 1.87. The second-order valence-electron chi connectivity index (χ2n) is 6.48. The number of fused-ring (bicyclic) bond motifs is 1. The van der Waals surface area contributed by atoms with Gasteiger partial charge >= 0.3 is 0 Å². The quantitative estimate of drug-likeness (QED) is 0.647. The van der Waals surface area contributed by atoms with Crippen LogP contribution in [0.2, 0.25) is 0 Å². The third kappa shape index (κ3) is 4.56. The second kappa shape index (κ2) is 8.54. The average Bonchev–Trinajstić information content (AvgIpc) is 2.69. The highest BCUT2D eigenvalue weighted by atomic mass is 16.5. The molecule has 0 aliphatic heterocycles. The van der Waals surface area contributed by atoms with Crippen molar-refractivity contribution in [2.75, 3.05) is 11.9 Å². The van der Waals surface area contributed by atoms with Crippen LogP contribution in [0.4, 0.5) is 5.69 Å². The van der Waals surface area contributed by atoms with Gasteiger partial charge in [-0.15, -0.1) is 0 Å². The number of amides is 1. The number of ether oxygens (including phenoxy) is 1. The smallest absolute Gasteiger partial charge is 0.254 e. The minimum Gasteiger partial charge on any atom is -0.493 e. The molecule has 0 atom stereocenters. The Morgan fingerprint density at radius 1 is 1.11 bits per heavy atom. The SMILES string of the molecule is CCc1cccc(NC(=O)CCCOc2cc(=O)n(C)c3ccccc23)c1.